The maximum Gasteiger partial charge on any atom is 0.0663 e. The lowest BCUT2D eigenvalue weighted by molar-refractivity contribution is 1.35. The summed E-state index contributed by atoms with van der Waals surface area (Å²) in [5.41, 5.74) is 4.40. The minimum Gasteiger partial charge on any atom is -0.198 e. The van der Waals surface area contributed by atoms with Gasteiger partial charge in [-0.1, -0.05) is 97.6 Å². The summed E-state index contributed by atoms with van der Waals surface area (Å²) in [7, 11) is 0. The van der Waals surface area contributed by atoms with E-state index in [-0.39, 0.29) is 0 Å². The third-order valence-electron chi connectivity index (χ3n) is 5.91. The van der Waals surface area contributed by atoms with E-state index in [0.29, 0.717) is 6.42 Å². The average Bonchev–Trinajstić information content (AvgIpc) is 2.84. The summed E-state index contributed by atoms with van der Waals surface area (Å²) in [6.07, 6.45) is 4.11. The van der Waals surface area contributed by atoms with Gasteiger partial charge in [-0.2, -0.15) is 5.26 Å². The number of nitriles is 1. The van der Waals surface area contributed by atoms with Crippen LogP contribution in [0.4, 0.5) is 0 Å². The van der Waals surface area contributed by atoms with Crippen molar-refractivity contribution >= 4 is 37.9 Å². The Morgan fingerprint density at radius 3 is 1.87 bits per heavy atom. The van der Waals surface area contributed by atoms with E-state index in [1.165, 1.54) is 37.9 Å². The van der Waals surface area contributed by atoms with Gasteiger partial charge in [0.05, 0.1) is 12.5 Å². The molecule has 5 aromatic rings. The maximum atomic E-state index is 8.92. The second-order valence-corrected chi connectivity index (χ2v) is 7.66. The van der Waals surface area contributed by atoms with Crippen LogP contribution in [0.3, 0.4) is 0 Å². The van der Waals surface area contributed by atoms with Crippen molar-refractivity contribution in [1.29, 1.82) is 5.26 Å². The molecule has 0 saturated heterocycles. The summed E-state index contributed by atoms with van der Waals surface area (Å²) in [4.78, 5) is 0. The second kappa shape index (κ2) is 7.94. The van der Waals surface area contributed by atoms with Crippen molar-refractivity contribution in [2.45, 2.75) is 6.42 Å². The van der Waals surface area contributed by atoms with Crippen molar-refractivity contribution in [3.05, 3.63) is 115 Å². The van der Waals surface area contributed by atoms with E-state index in [1.807, 2.05) is 12.2 Å². The Morgan fingerprint density at radius 1 is 0.677 bits per heavy atom. The molecule has 0 saturated carbocycles. The molecule has 0 amide bonds. The Kier molecular flexibility index (Phi) is 4.83. The first kappa shape index (κ1) is 18.9. The van der Waals surface area contributed by atoms with E-state index in [1.54, 1.807) is 0 Å². The van der Waals surface area contributed by atoms with Gasteiger partial charge in [0.25, 0.3) is 0 Å². The molecule has 0 fully saturated rings. The quantitative estimate of drug-likeness (QED) is 0.222. The van der Waals surface area contributed by atoms with Gasteiger partial charge in [0.15, 0.2) is 0 Å². The third-order valence-corrected chi connectivity index (χ3v) is 5.91. The molecule has 1 nitrogen and oxygen atoms in total. The number of hydrogen-bond acceptors (Lipinski definition) is 1. The highest BCUT2D eigenvalue weighted by atomic mass is 14.2. The van der Waals surface area contributed by atoms with Crippen LogP contribution in [0.1, 0.15) is 12.0 Å². The zero-order chi connectivity index (χ0) is 21.2. The molecule has 0 radical (unpaired) electrons. The van der Waals surface area contributed by atoms with E-state index in [2.05, 4.69) is 104 Å². The van der Waals surface area contributed by atoms with Crippen molar-refractivity contribution in [2.75, 3.05) is 0 Å². The third kappa shape index (κ3) is 3.29. The van der Waals surface area contributed by atoms with Crippen molar-refractivity contribution < 1.29 is 0 Å². The fourth-order valence-electron chi connectivity index (χ4n) is 4.44. The first-order valence-electron chi connectivity index (χ1n) is 10.4. The topological polar surface area (TPSA) is 23.8 Å². The molecule has 0 heterocycles. The second-order valence-electron chi connectivity index (χ2n) is 7.66. The van der Waals surface area contributed by atoms with E-state index >= 15 is 0 Å². The number of fused-ring (bicyclic) bond motifs is 6. The molecule has 0 bridgehead atoms. The van der Waals surface area contributed by atoms with Crippen LogP contribution in [-0.2, 0) is 0 Å². The van der Waals surface area contributed by atoms with Crippen molar-refractivity contribution in [2.24, 2.45) is 0 Å². The molecule has 0 N–H and O–H groups in total. The van der Waals surface area contributed by atoms with Crippen molar-refractivity contribution in [3.8, 4) is 17.2 Å². The number of nitrogens with zero attached hydrogens (tertiary/aromatic N) is 1. The fraction of sp³-hybridized carbons (Fsp3) is 0.0333. The Labute approximate surface area is 182 Å². The predicted octanol–water partition coefficient (Wildman–Crippen LogP) is 8.30. The minimum absolute atomic E-state index is 0.376. The molecule has 0 spiro atoms. The zero-order valence-corrected chi connectivity index (χ0v) is 17.2. The molecule has 0 aliphatic rings. The minimum atomic E-state index is 0.376. The smallest absolute Gasteiger partial charge is 0.0663 e. The molecule has 31 heavy (non-hydrogen) atoms. The molecule has 5 rings (SSSR count). The Morgan fingerprint density at radius 2 is 1.26 bits per heavy atom. The molecule has 146 valence electrons. The van der Waals surface area contributed by atoms with Gasteiger partial charge in [-0.15, -0.1) is 0 Å². The molecule has 0 unspecified atom stereocenters. The summed E-state index contributed by atoms with van der Waals surface area (Å²) in [6.45, 7) is 3.92. The van der Waals surface area contributed by atoms with Gasteiger partial charge in [-0.25, -0.2) is 0 Å². The summed E-state index contributed by atoms with van der Waals surface area (Å²) in [6, 6.07) is 34.6. The van der Waals surface area contributed by atoms with Gasteiger partial charge in [0.2, 0.25) is 0 Å². The highest BCUT2D eigenvalue weighted by Crippen LogP contribution is 2.37. The predicted molar refractivity (Wildman–Crippen MR) is 133 cm³/mol. The molecule has 5 aromatic carbocycles. The van der Waals surface area contributed by atoms with Crippen LogP contribution in [0.5, 0.6) is 0 Å². The maximum absolute atomic E-state index is 8.92. The Balaban J connectivity index is 1.74. The van der Waals surface area contributed by atoms with Gasteiger partial charge < -0.3 is 0 Å². The largest absolute Gasteiger partial charge is 0.198 e. The summed E-state index contributed by atoms with van der Waals surface area (Å²) >= 11 is 0. The van der Waals surface area contributed by atoms with Crippen LogP contribution in [0, 0.1) is 11.3 Å². The van der Waals surface area contributed by atoms with Crippen LogP contribution in [0.2, 0.25) is 0 Å². The number of allylic oxidation sites excluding steroid dienone is 3. The molecule has 0 aromatic heterocycles. The molecule has 0 aliphatic carbocycles. The molecular formula is C30H21N. The first-order chi connectivity index (χ1) is 15.3. The van der Waals surface area contributed by atoms with Gasteiger partial charge in [0.1, 0.15) is 0 Å². The lowest BCUT2D eigenvalue weighted by Crippen LogP contribution is -1.86. The number of benzene rings is 5. The average molecular weight is 396 g/mol. The van der Waals surface area contributed by atoms with Gasteiger partial charge >= 0.3 is 0 Å². The van der Waals surface area contributed by atoms with Crippen LogP contribution in [0.15, 0.2) is 110 Å². The molecule has 1 heteroatoms. The Hall–Kier alpha value is -4.15. The van der Waals surface area contributed by atoms with Gasteiger partial charge in [-0.3, -0.25) is 0 Å². The van der Waals surface area contributed by atoms with E-state index in [0.717, 1.165) is 16.7 Å². The lowest BCUT2D eigenvalue weighted by Gasteiger charge is -2.12. The zero-order valence-electron chi connectivity index (χ0n) is 17.2. The van der Waals surface area contributed by atoms with E-state index in [4.69, 9.17) is 5.26 Å². The molecular weight excluding hydrogens is 374 g/mol. The highest BCUT2D eigenvalue weighted by molar-refractivity contribution is 6.25. The lowest BCUT2D eigenvalue weighted by atomic mass is 9.91. The standard InChI is InChI=1S/C30H21N/c1-2-21(11-8-18-31)22-9-7-10-23(19-22)24-16-17-29-27-14-4-3-12-25(27)26-13-5-6-15-28(26)30(29)20-24/h2-7,9-17,19-20H,1,8H2/b21-11+. The van der Waals surface area contributed by atoms with E-state index < -0.39 is 0 Å². The van der Waals surface area contributed by atoms with Gasteiger partial charge in [-0.05, 0) is 66.7 Å². The highest BCUT2D eigenvalue weighted by Gasteiger charge is 2.10. The van der Waals surface area contributed by atoms with E-state index in [9.17, 15) is 0 Å². The first-order valence-corrected chi connectivity index (χ1v) is 10.4. The monoisotopic (exact) mass is 395 g/mol. The Bertz CT molecular complexity index is 1490. The summed E-state index contributed by atoms with van der Waals surface area (Å²) < 4.78 is 0. The number of rotatable bonds is 4. The van der Waals surface area contributed by atoms with Crippen molar-refractivity contribution in [1.82, 2.24) is 0 Å². The molecule has 0 aliphatic heterocycles. The number of hydrogen-bond donors (Lipinski definition) is 0. The van der Waals surface area contributed by atoms with Crippen LogP contribution in [0.25, 0.3) is 49.0 Å². The summed E-state index contributed by atoms with van der Waals surface area (Å²) in [5.74, 6) is 0. The summed E-state index contributed by atoms with van der Waals surface area (Å²) in [5, 5.41) is 16.6. The normalized spacial score (nSPS) is 11.6. The SMILES string of the molecule is C=C/C(=C\CC#N)c1cccc(-c2ccc3c4ccccc4c4ccccc4c3c2)c1. The van der Waals surface area contributed by atoms with Crippen LogP contribution in [-0.4, -0.2) is 0 Å². The fourth-order valence-corrected chi connectivity index (χ4v) is 4.44. The van der Waals surface area contributed by atoms with Crippen LogP contribution >= 0.6 is 0 Å². The van der Waals surface area contributed by atoms with Crippen molar-refractivity contribution in [3.63, 3.8) is 0 Å². The molecule has 0 atom stereocenters. The van der Waals surface area contributed by atoms with Crippen LogP contribution < -0.4 is 0 Å². The van der Waals surface area contributed by atoms with Gasteiger partial charge in [0, 0.05) is 0 Å².